The van der Waals surface area contributed by atoms with Crippen LogP contribution in [0.25, 0.3) is 0 Å². The second kappa shape index (κ2) is 5.39. The van der Waals surface area contributed by atoms with Crippen LogP contribution in [0.1, 0.15) is 76.3 Å². The predicted octanol–water partition coefficient (Wildman–Crippen LogP) is 3.80. The fourth-order valence-electron chi connectivity index (χ4n) is 4.14. The van der Waals surface area contributed by atoms with Crippen LogP contribution in [0.4, 0.5) is 0 Å². The summed E-state index contributed by atoms with van der Waals surface area (Å²) in [6.45, 7) is 9.86. The summed E-state index contributed by atoms with van der Waals surface area (Å²) in [5, 5.41) is 7.58. The van der Waals surface area contributed by atoms with Crippen LogP contribution in [0.15, 0.2) is 12.3 Å². The van der Waals surface area contributed by atoms with Gasteiger partial charge in [-0.25, -0.2) is 0 Å². The molecule has 1 aromatic heterocycles. The number of nitrogens with one attached hydrogen (secondary N) is 1. The van der Waals surface area contributed by atoms with Gasteiger partial charge in [-0.1, -0.05) is 47.0 Å². The monoisotopic (exact) mass is 303 g/mol. The average molecular weight is 303 g/mol. The molecule has 0 bridgehead atoms. The molecule has 0 atom stereocenters. The van der Waals surface area contributed by atoms with Crippen molar-refractivity contribution in [2.24, 2.45) is 16.7 Å². The molecule has 4 nitrogen and oxygen atoms in total. The van der Waals surface area contributed by atoms with Crippen molar-refractivity contribution in [1.29, 1.82) is 0 Å². The van der Waals surface area contributed by atoms with E-state index in [1.54, 1.807) is 0 Å². The molecule has 1 amide bonds. The van der Waals surface area contributed by atoms with Gasteiger partial charge in [0.05, 0.1) is 6.04 Å². The predicted molar refractivity (Wildman–Crippen MR) is 87.7 cm³/mol. The van der Waals surface area contributed by atoms with Gasteiger partial charge in [0, 0.05) is 12.7 Å². The van der Waals surface area contributed by atoms with E-state index in [0.29, 0.717) is 28.5 Å². The Morgan fingerprint density at radius 1 is 1.23 bits per heavy atom. The molecular weight excluding hydrogens is 274 g/mol. The molecule has 2 saturated carbocycles. The van der Waals surface area contributed by atoms with Crippen LogP contribution in [0.3, 0.4) is 0 Å². The SMILES string of the molecule is CC1(C)C(CNC(=O)c2ccn(C3CCCCC3)n2)C1(C)C. The second-order valence-corrected chi connectivity index (χ2v) is 8.18. The minimum atomic E-state index is -0.0342. The first-order valence-electron chi connectivity index (χ1n) is 8.67. The molecule has 0 saturated heterocycles. The lowest BCUT2D eigenvalue weighted by atomic mass is 9.96. The fourth-order valence-corrected chi connectivity index (χ4v) is 4.14. The maximum absolute atomic E-state index is 12.3. The molecular formula is C18H29N3O. The van der Waals surface area contributed by atoms with Gasteiger partial charge in [0.25, 0.3) is 5.91 Å². The maximum atomic E-state index is 12.3. The third-order valence-corrected chi connectivity index (χ3v) is 6.58. The van der Waals surface area contributed by atoms with E-state index < -0.39 is 0 Å². The van der Waals surface area contributed by atoms with Crippen LogP contribution in [-0.4, -0.2) is 22.2 Å². The maximum Gasteiger partial charge on any atom is 0.271 e. The van der Waals surface area contributed by atoms with Crippen LogP contribution in [0.5, 0.6) is 0 Å². The smallest absolute Gasteiger partial charge is 0.271 e. The Balaban J connectivity index is 1.56. The largest absolute Gasteiger partial charge is 0.350 e. The fraction of sp³-hybridized carbons (Fsp3) is 0.778. The van der Waals surface area contributed by atoms with E-state index in [1.165, 1.54) is 32.1 Å². The Bertz CT molecular complexity index is 538. The minimum Gasteiger partial charge on any atom is -0.350 e. The van der Waals surface area contributed by atoms with E-state index in [9.17, 15) is 4.79 Å². The Morgan fingerprint density at radius 3 is 2.45 bits per heavy atom. The van der Waals surface area contributed by atoms with E-state index in [2.05, 4.69) is 38.1 Å². The lowest BCUT2D eigenvalue weighted by Gasteiger charge is -2.21. The van der Waals surface area contributed by atoms with Gasteiger partial charge in [-0.2, -0.15) is 5.10 Å². The first-order chi connectivity index (χ1) is 10.3. The van der Waals surface area contributed by atoms with Gasteiger partial charge in [0.15, 0.2) is 0 Å². The minimum absolute atomic E-state index is 0.0342. The number of hydrogen-bond acceptors (Lipinski definition) is 2. The summed E-state index contributed by atoms with van der Waals surface area (Å²) < 4.78 is 2.00. The molecule has 2 fully saturated rings. The van der Waals surface area contributed by atoms with Crippen molar-refractivity contribution >= 4 is 5.91 Å². The zero-order valence-corrected chi connectivity index (χ0v) is 14.4. The molecule has 2 aliphatic carbocycles. The number of carbonyl (C=O) groups is 1. The molecule has 0 unspecified atom stereocenters. The highest BCUT2D eigenvalue weighted by molar-refractivity contribution is 5.92. The molecule has 122 valence electrons. The summed E-state index contributed by atoms with van der Waals surface area (Å²) in [4.78, 5) is 12.3. The number of amides is 1. The number of carbonyl (C=O) groups excluding carboxylic acids is 1. The highest BCUT2D eigenvalue weighted by Gasteiger charge is 2.64. The molecule has 22 heavy (non-hydrogen) atoms. The summed E-state index contributed by atoms with van der Waals surface area (Å²) in [6.07, 6.45) is 8.23. The van der Waals surface area contributed by atoms with Gasteiger partial charge in [-0.05, 0) is 35.7 Å². The van der Waals surface area contributed by atoms with Gasteiger partial charge in [0.1, 0.15) is 5.69 Å². The lowest BCUT2D eigenvalue weighted by Crippen LogP contribution is -2.27. The molecule has 1 aromatic rings. The number of nitrogens with zero attached hydrogens (tertiary/aromatic N) is 2. The Labute approximate surface area is 133 Å². The summed E-state index contributed by atoms with van der Waals surface area (Å²) in [5.74, 6) is 0.512. The number of aromatic nitrogens is 2. The van der Waals surface area contributed by atoms with Gasteiger partial charge >= 0.3 is 0 Å². The van der Waals surface area contributed by atoms with Crippen molar-refractivity contribution in [3.63, 3.8) is 0 Å². The topological polar surface area (TPSA) is 46.9 Å². The third-order valence-electron chi connectivity index (χ3n) is 6.58. The van der Waals surface area contributed by atoms with E-state index in [4.69, 9.17) is 0 Å². The lowest BCUT2D eigenvalue weighted by molar-refractivity contribution is 0.0943. The van der Waals surface area contributed by atoms with Gasteiger partial charge in [0.2, 0.25) is 0 Å². The standard InChI is InChI=1S/C18H29N3O/c1-17(2)15(18(17,3)4)12-19-16(22)14-10-11-21(20-14)13-8-6-5-7-9-13/h10-11,13,15H,5-9,12H2,1-4H3,(H,19,22). The first-order valence-corrected chi connectivity index (χ1v) is 8.67. The molecule has 0 spiro atoms. The van der Waals surface area contributed by atoms with Crippen molar-refractivity contribution < 1.29 is 4.79 Å². The van der Waals surface area contributed by atoms with Crippen LogP contribution >= 0.6 is 0 Å². The van der Waals surface area contributed by atoms with Gasteiger partial charge in [-0.15, -0.1) is 0 Å². The van der Waals surface area contributed by atoms with E-state index in [0.717, 1.165) is 6.54 Å². The normalized spacial score (nSPS) is 24.2. The van der Waals surface area contributed by atoms with Gasteiger partial charge in [-0.3, -0.25) is 9.48 Å². The summed E-state index contributed by atoms with van der Waals surface area (Å²) in [6, 6.07) is 2.34. The second-order valence-electron chi connectivity index (χ2n) is 8.18. The quantitative estimate of drug-likeness (QED) is 0.919. The van der Waals surface area contributed by atoms with Crippen LogP contribution in [0.2, 0.25) is 0 Å². The molecule has 1 N–H and O–H groups in total. The first kappa shape index (κ1) is 15.6. The summed E-state index contributed by atoms with van der Waals surface area (Å²) in [7, 11) is 0. The van der Waals surface area contributed by atoms with Crippen molar-refractivity contribution in [2.75, 3.05) is 6.54 Å². The van der Waals surface area contributed by atoms with Crippen LogP contribution in [0, 0.1) is 16.7 Å². The number of rotatable bonds is 4. The zero-order valence-electron chi connectivity index (χ0n) is 14.4. The van der Waals surface area contributed by atoms with Gasteiger partial charge < -0.3 is 5.32 Å². The Kier molecular flexibility index (Phi) is 3.82. The molecule has 2 aliphatic rings. The van der Waals surface area contributed by atoms with Crippen molar-refractivity contribution in [3.05, 3.63) is 18.0 Å². The van der Waals surface area contributed by atoms with E-state index in [-0.39, 0.29) is 5.91 Å². The summed E-state index contributed by atoms with van der Waals surface area (Å²) in [5.41, 5.74) is 1.17. The zero-order chi connectivity index (χ0) is 16.0. The van der Waals surface area contributed by atoms with E-state index >= 15 is 0 Å². The Morgan fingerprint density at radius 2 is 1.86 bits per heavy atom. The average Bonchev–Trinajstić information content (AvgIpc) is 2.88. The highest BCUT2D eigenvalue weighted by Crippen LogP contribution is 2.67. The highest BCUT2D eigenvalue weighted by atomic mass is 16.1. The van der Waals surface area contributed by atoms with E-state index in [1.807, 2.05) is 16.9 Å². The van der Waals surface area contributed by atoms with Crippen molar-refractivity contribution in [3.8, 4) is 0 Å². The molecule has 4 heteroatoms. The molecule has 1 heterocycles. The molecule has 0 radical (unpaired) electrons. The molecule has 0 aliphatic heterocycles. The third kappa shape index (κ3) is 2.57. The summed E-state index contributed by atoms with van der Waals surface area (Å²) >= 11 is 0. The number of hydrogen-bond donors (Lipinski definition) is 1. The van der Waals surface area contributed by atoms with Crippen molar-refractivity contribution in [2.45, 2.75) is 65.8 Å². The molecule has 0 aromatic carbocycles. The van der Waals surface area contributed by atoms with Crippen molar-refractivity contribution in [1.82, 2.24) is 15.1 Å². The van der Waals surface area contributed by atoms with Crippen LogP contribution < -0.4 is 5.32 Å². The molecule has 3 rings (SSSR count). The Hall–Kier alpha value is -1.32. The van der Waals surface area contributed by atoms with Crippen LogP contribution in [-0.2, 0) is 0 Å².